The Hall–Kier alpha value is -2.68. The number of hydrogen-bond acceptors (Lipinski definition) is 6. The smallest absolute Gasteiger partial charge is 0.269 e. The number of carbonyl (C=O) groups is 2. The van der Waals surface area contributed by atoms with E-state index in [2.05, 4.69) is 10.5 Å². The number of aryl methyl sites for hydroxylation is 1. The number of sulfonamides is 1. The van der Waals surface area contributed by atoms with E-state index in [4.69, 9.17) is 4.52 Å². The van der Waals surface area contributed by atoms with Gasteiger partial charge in [-0.3, -0.25) is 9.59 Å². The molecule has 2 aromatic rings. The van der Waals surface area contributed by atoms with Crippen molar-refractivity contribution in [2.24, 2.45) is 0 Å². The standard InChI is InChI=1S/C14H13N3O5S/c1-9-8-12(16-22-9)15-13(18)6-7-17-14(19)10-4-2-3-5-11(10)23(17,20)21/h2-5,8H,6-7H2,1H3,(H,15,16,18). The van der Waals surface area contributed by atoms with Gasteiger partial charge in [0.2, 0.25) is 5.91 Å². The fraction of sp³-hybridized carbons (Fsp3) is 0.214. The van der Waals surface area contributed by atoms with Gasteiger partial charge in [0.1, 0.15) is 10.7 Å². The maximum Gasteiger partial charge on any atom is 0.269 e. The Labute approximate surface area is 132 Å². The van der Waals surface area contributed by atoms with E-state index in [1.807, 2.05) is 0 Å². The number of aromatic nitrogens is 1. The minimum atomic E-state index is -3.89. The predicted molar refractivity (Wildman–Crippen MR) is 79.2 cm³/mol. The highest BCUT2D eigenvalue weighted by atomic mass is 32.2. The fourth-order valence-corrected chi connectivity index (χ4v) is 3.86. The number of rotatable bonds is 4. The molecule has 0 unspecified atom stereocenters. The topological polar surface area (TPSA) is 110 Å². The lowest BCUT2D eigenvalue weighted by molar-refractivity contribution is -0.116. The monoisotopic (exact) mass is 335 g/mol. The number of anilines is 1. The molecule has 1 aliphatic heterocycles. The first kappa shape index (κ1) is 15.2. The van der Waals surface area contributed by atoms with Crippen LogP contribution in [0.4, 0.5) is 5.82 Å². The zero-order chi connectivity index (χ0) is 16.6. The van der Waals surface area contributed by atoms with E-state index in [1.54, 1.807) is 19.1 Å². The van der Waals surface area contributed by atoms with Gasteiger partial charge in [-0.25, -0.2) is 12.7 Å². The van der Waals surface area contributed by atoms with Gasteiger partial charge < -0.3 is 9.84 Å². The van der Waals surface area contributed by atoms with Crippen molar-refractivity contribution in [2.45, 2.75) is 18.2 Å². The Morgan fingerprint density at radius 1 is 1.35 bits per heavy atom. The number of nitrogens with one attached hydrogen (secondary N) is 1. The largest absolute Gasteiger partial charge is 0.360 e. The number of carbonyl (C=O) groups excluding carboxylic acids is 2. The molecular formula is C14H13N3O5S. The number of nitrogens with zero attached hydrogens (tertiary/aromatic N) is 2. The van der Waals surface area contributed by atoms with E-state index < -0.39 is 21.8 Å². The average Bonchev–Trinajstić information content (AvgIpc) is 2.99. The first-order chi connectivity index (χ1) is 10.9. The summed E-state index contributed by atoms with van der Waals surface area (Å²) in [6.45, 7) is 1.44. The van der Waals surface area contributed by atoms with Crippen molar-refractivity contribution in [3.05, 3.63) is 41.7 Å². The maximum atomic E-state index is 12.3. The molecule has 2 heterocycles. The van der Waals surface area contributed by atoms with Crippen molar-refractivity contribution in [1.82, 2.24) is 9.46 Å². The SMILES string of the molecule is Cc1cc(NC(=O)CCN2C(=O)c3ccccc3S2(=O)=O)no1. The van der Waals surface area contributed by atoms with Crippen molar-refractivity contribution < 1.29 is 22.5 Å². The average molecular weight is 335 g/mol. The summed E-state index contributed by atoms with van der Waals surface area (Å²) in [5.74, 6) is -0.303. The van der Waals surface area contributed by atoms with Crippen LogP contribution in [0.1, 0.15) is 22.5 Å². The van der Waals surface area contributed by atoms with Gasteiger partial charge >= 0.3 is 0 Å². The Morgan fingerprint density at radius 2 is 2.09 bits per heavy atom. The molecule has 0 aliphatic carbocycles. The molecule has 0 saturated heterocycles. The van der Waals surface area contributed by atoms with Gasteiger partial charge in [-0.2, -0.15) is 0 Å². The van der Waals surface area contributed by atoms with Crippen LogP contribution in [0, 0.1) is 6.92 Å². The molecule has 1 aromatic heterocycles. The number of amides is 2. The molecule has 0 bridgehead atoms. The molecule has 9 heteroatoms. The zero-order valence-electron chi connectivity index (χ0n) is 12.1. The quantitative estimate of drug-likeness (QED) is 0.898. The van der Waals surface area contributed by atoms with Crippen molar-refractivity contribution in [1.29, 1.82) is 0 Å². The molecule has 0 fully saturated rings. The van der Waals surface area contributed by atoms with Crippen LogP contribution in [0.3, 0.4) is 0 Å². The summed E-state index contributed by atoms with van der Waals surface area (Å²) < 4.78 is 30.2. The molecule has 0 saturated carbocycles. The van der Waals surface area contributed by atoms with Crippen molar-refractivity contribution in [3.8, 4) is 0 Å². The van der Waals surface area contributed by atoms with Crippen LogP contribution in [-0.4, -0.2) is 36.2 Å². The summed E-state index contributed by atoms with van der Waals surface area (Å²) in [5, 5.41) is 6.08. The second-order valence-electron chi connectivity index (χ2n) is 5.00. The van der Waals surface area contributed by atoms with Gasteiger partial charge in [0, 0.05) is 19.0 Å². The molecular weight excluding hydrogens is 322 g/mol. The predicted octanol–water partition coefficient (Wildman–Crippen LogP) is 1.16. The van der Waals surface area contributed by atoms with Gasteiger partial charge in [0.05, 0.1) is 5.56 Å². The van der Waals surface area contributed by atoms with E-state index >= 15 is 0 Å². The molecule has 8 nitrogen and oxygen atoms in total. The second-order valence-corrected chi connectivity index (χ2v) is 6.83. The van der Waals surface area contributed by atoms with Crippen molar-refractivity contribution in [3.63, 3.8) is 0 Å². The molecule has 0 atom stereocenters. The third-order valence-electron chi connectivity index (χ3n) is 3.35. The molecule has 1 N–H and O–H groups in total. The third-order valence-corrected chi connectivity index (χ3v) is 5.19. The fourth-order valence-electron chi connectivity index (χ4n) is 2.29. The normalized spacial score (nSPS) is 15.5. The molecule has 2 amide bonds. The van der Waals surface area contributed by atoms with E-state index in [1.165, 1.54) is 18.2 Å². The summed E-state index contributed by atoms with van der Waals surface area (Å²) in [6, 6.07) is 7.50. The summed E-state index contributed by atoms with van der Waals surface area (Å²) in [7, 11) is -3.89. The van der Waals surface area contributed by atoms with E-state index in [0.717, 1.165) is 0 Å². The van der Waals surface area contributed by atoms with E-state index in [9.17, 15) is 18.0 Å². The first-order valence-corrected chi connectivity index (χ1v) is 8.23. The molecule has 0 radical (unpaired) electrons. The van der Waals surface area contributed by atoms with Crippen LogP contribution < -0.4 is 5.32 Å². The van der Waals surface area contributed by atoms with Gasteiger partial charge in [0.25, 0.3) is 15.9 Å². The Kier molecular flexibility index (Phi) is 3.64. The number of benzene rings is 1. The Morgan fingerprint density at radius 3 is 2.74 bits per heavy atom. The summed E-state index contributed by atoms with van der Waals surface area (Å²) in [4.78, 5) is 24.0. The van der Waals surface area contributed by atoms with Gasteiger partial charge in [-0.05, 0) is 19.1 Å². The lowest BCUT2D eigenvalue weighted by atomic mass is 10.2. The van der Waals surface area contributed by atoms with Gasteiger partial charge in [-0.15, -0.1) is 0 Å². The molecule has 0 spiro atoms. The molecule has 3 rings (SSSR count). The third kappa shape index (κ3) is 2.70. The summed E-state index contributed by atoms with van der Waals surface area (Å²) in [5.41, 5.74) is 0.125. The van der Waals surface area contributed by atoms with Crippen LogP contribution in [0.15, 0.2) is 39.8 Å². The van der Waals surface area contributed by atoms with Crippen molar-refractivity contribution in [2.75, 3.05) is 11.9 Å². The highest BCUT2D eigenvalue weighted by Crippen LogP contribution is 2.29. The van der Waals surface area contributed by atoms with Gasteiger partial charge in [-0.1, -0.05) is 17.3 Å². The van der Waals surface area contributed by atoms with Crippen LogP contribution in [0.2, 0.25) is 0 Å². The van der Waals surface area contributed by atoms with E-state index in [-0.39, 0.29) is 29.2 Å². The molecule has 1 aromatic carbocycles. The zero-order valence-corrected chi connectivity index (χ0v) is 13.0. The number of hydrogen-bond donors (Lipinski definition) is 1. The Balaban J connectivity index is 1.69. The first-order valence-electron chi connectivity index (χ1n) is 6.79. The van der Waals surface area contributed by atoms with E-state index in [0.29, 0.717) is 10.1 Å². The maximum absolute atomic E-state index is 12.3. The van der Waals surface area contributed by atoms with Gasteiger partial charge in [0.15, 0.2) is 5.82 Å². The second kappa shape index (κ2) is 5.51. The minimum Gasteiger partial charge on any atom is -0.360 e. The minimum absolute atomic E-state index is 0.0301. The summed E-state index contributed by atoms with van der Waals surface area (Å²) in [6.07, 6.45) is -0.176. The van der Waals surface area contributed by atoms with Crippen molar-refractivity contribution >= 4 is 27.7 Å². The lowest BCUT2D eigenvalue weighted by Gasteiger charge is -2.14. The lowest BCUT2D eigenvalue weighted by Crippen LogP contribution is -2.33. The number of fused-ring (bicyclic) bond motifs is 1. The van der Waals surface area contributed by atoms with Crippen LogP contribution in [-0.2, 0) is 14.8 Å². The highest BCUT2D eigenvalue weighted by molar-refractivity contribution is 7.90. The molecule has 23 heavy (non-hydrogen) atoms. The highest BCUT2D eigenvalue weighted by Gasteiger charge is 2.40. The molecule has 120 valence electrons. The van der Waals surface area contributed by atoms with Crippen LogP contribution in [0.5, 0.6) is 0 Å². The van der Waals surface area contributed by atoms with Crippen LogP contribution >= 0.6 is 0 Å². The molecule has 1 aliphatic rings. The van der Waals surface area contributed by atoms with Crippen LogP contribution in [0.25, 0.3) is 0 Å². The summed E-state index contributed by atoms with van der Waals surface area (Å²) >= 11 is 0. The Bertz CT molecular complexity index is 887.